The zero-order chi connectivity index (χ0) is 14.3. The van der Waals surface area contributed by atoms with Crippen LogP contribution in [0.3, 0.4) is 0 Å². The highest BCUT2D eigenvalue weighted by Crippen LogP contribution is 1.98. The van der Waals surface area contributed by atoms with E-state index in [2.05, 4.69) is 31.3 Å². The van der Waals surface area contributed by atoms with Crippen LogP contribution in [-0.2, 0) is 16.1 Å². The van der Waals surface area contributed by atoms with E-state index < -0.39 is 24.0 Å². The summed E-state index contributed by atoms with van der Waals surface area (Å²) in [5, 5.41) is 34.3. The van der Waals surface area contributed by atoms with Gasteiger partial charge < -0.3 is 20.8 Å². The van der Waals surface area contributed by atoms with Crippen LogP contribution in [0.1, 0.15) is 18.7 Å². The summed E-state index contributed by atoms with van der Waals surface area (Å²) in [7, 11) is 0. The number of hydrogen-bond acceptors (Lipinski definition) is 6. The van der Waals surface area contributed by atoms with Crippen LogP contribution in [0.25, 0.3) is 0 Å². The molecule has 0 saturated carbocycles. The van der Waals surface area contributed by atoms with Crippen molar-refractivity contribution >= 4 is 18.0 Å². The van der Waals surface area contributed by atoms with E-state index in [0.29, 0.717) is 0 Å². The SMILES string of the molecule is O=C(O)CC[C@H](NC(=O)NCc1nn[nH]n1)C(=O)O. The molecule has 0 aliphatic heterocycles. The number of carboxylic acids is 2. The van der Waals surface area contributed by atoms with Crippen molar-refractivity contribution in [3.8, 4) is 0 Å². The highest BCUT2D eigenvalue weighted by Gasteiger charge is 2.20. The van der Waals surface area contributed by atoms with Crippen molar-refractivity contribution in [3.63, 3.8) is 0 Å². The molecule has 1 aromatic rings. The maximum Gasteiger partial charge on any atom is 0.326 e. The van der Waals surface area contributed by atoms with Gasteiger partial charge in [0.25, 0.3) is 0 Å². The second kappa shape index (κ2) is 6.88. The van der Waals surface area contributed by atoms with E-state index in [4.69, 9.17) is 10.2 Å². The third-order valence-corrected chi connectivity index (χ3v) is 2.05. The lowest BCUT2D eigenvalue weighted by molar-refractivity contribution is -0.140. The highest BCUT2D eigenvalue weighted by molar-refractivity contribution is 5.82. The van der Waals surface area contributed by atoms with Gasteiger partial charge in [0, 0.05) is 6.42 Å². The first kappa shape index (κ1) is 14.3. The number of aliphatic carboxylic acids is 2. The molecule has 5 N–H and O–H groups in total. The van der Waals surface area contributed by atoms with E-state index in [-0.39, 0.29) is 25.2 Å². The molecule has 1 rings (SSSR count). The molecule has 11 heteroatoms. The van der Waals surface area contributed by atoms with E-state index in [9.17, 15) is 14.4 Å². The number of aromatic amines is 1. The predicted octanol–water partition coefficient (Wildman–Crippen LogP) is -1.68. The van der Waals surface area contributed by atoms with Crippen LogP contribution in [-0.4, -0.2) is 54.8 Å². The number of aromatic nitrogens is 4. The van der Waals surface area contributed by atoms with Gasteiger partial charge in [0.2, 0.25) is 0 Å². The van der Waals surface area contributed by atoms with Crippen LogP contribution in [0, 0.1) is 0 Å². The fraction of sp³-hybridized carbons (Fsp3) is 0.500. The Bertz CT molecular complexity index is 446. The zero-order valence-electron chi connectivity index (χ0n) is 9.66. The quantitative estimate of drug-likeness (QED) is 0.391. The number of rotatable bonds is 7. The summed E-state index contributed by atoms with van der Waals surface area (Å²) < 4.78 is 0. The summed E-state index contributed by atoms with van der Waals surface area (Å²) >= 11 is 0. The van der Waals surface area contributed by atoms with E-state index in [1.54, 1.807) is 0 Å². The van der Waals surface area contributed by atoms with Gasteiger partial charge in [0.1, 0.15) is 6.04 Å². The van der Waals surface area contributed by atoms with Gasteiger partial charge in [0.05, 0.1) is 6.54 Å². The number of urea groups is 1. The molecule has 0 bridgehead atoms. The lowest BCUT2D eigenvalue weighted by Gasteiger charge is -2.13. The Morgan fingerprint density at radius 3 is 2.58 bits per heavy atom. The molecule has 0 radical (unpaired) electrons. The van der Waals surface area contributed by atoms with Gasteiger partial charge in [0.15, 0.2) is 5.82 Å². The first-order valence-electron chi connectivity index (χ1n) is 5.20. The van der Waals surface area contributed by atoms with Gasteiger partial charge in [-0.15, -0.1) is 10.2 Å². The van der Waals surface area contributed by atoms with Crippen LogP contribution in [0.4, 0.5) is 4.79 Å². The minimum atomic E-state index is -1.31. The average molecular weight is 272 g/mol. The summed E-state index contributed by atoms with van der Waals surface area (Å²) in [5.74, 6) is -2.22. The van der Waals surface area contributed by atoms with Crippen LogP contribution in [0.5, 0.6) is 0 Å². The monoisotopic (exact) mass is 272 g/mol. The fourth-order valence-electron chi connectivity index (χ4n) is 1.15. The number of carboxylic acid groups (broad SMARTS) is 2. The molecule has 1 heterocycles. The smallest absolute Gasteiger partial charge is 0.326 e. The van der Waals surface area contributed by atoms with Crippen molar-refractivity contribution in [2.75, 3.05) is 0 Å². The molecule has 104 valence electrons. The number of carbonyl (C=O) groups is 3. The number of H-pyrrole nitrogens is 1. The Hall–Kier alpha value is -2.72. The molecule has 0 unspecified atom stereocenters. The van der Waals surface area contributed by atoms with Crippen molar-refractivity contribution < 1.29 is 24.6 Å². The first-order chi connectivity index (χ1) is 8.99. The van der Waals surface area contributed by atoms with Crippen molar-refractivity contribution in [3.05, 3.63) is 5.82 Å². The third-order valence-electron chi connectivity index (χ3n) is 2.05. The highest BCUT2D eigenvalue weighted by atomic mass is 16.4. The summed E-state index contributed by atoms with van der Waals surface area (Å²) in [5.41, 5.74) is 0. The van der Waals surface area contributed by atoms with Crippen LogP contribution in [0.15, 0.2) is 0 Å². The molecule has 0 fully saturated rings. The normalized spacial score (nSPS) is 11.6. The van der Waals surface area contributed by atoms with E-state index in [0.717, 1.165) is 0 Å². The van der Waals surface area contributed by atoms with Crippen molar-refractivity contribution in [1.82, 2.24) is 31.3 Å². The Morgan fingerprint density at radius 2 is 2.05 bits per heavy atom. The minimum Gasteiger partial charge on any atom is -0.481 e. The molecular weight excluding hydrogens is 260 g/mol. The summed E-state index contributed by atoms with van der Waals surface area (Å²) in [6, 6.07) is -2.04. The number of tetrazole rings is 1. The molecule has 0 saturated heterocycles. The van der Waals surface area contributed by atoms with Crippen molar-refractivity contribution in [2.24, 2.45) is 0 Å². The van der Waals surface area contributed by atoms with Gasteiger partial charge in [-0.05, 0) is 6.42 Å². The Morgan fingerprint density at radius 1 is 1.32 bits per heavy atom. The second-order valence-electron chi connectivity index (χ2n) is 3.48. The molecule has 0 aliphatic rings. The largest absolute Gasteiger partial charge is 0.481 e. The van der Waals surface area contributed by atoms with Gasteiger partial charge in [-0.3, -0.25) is 4.79 Å². The first-order valence-corrected chi connectivity index (χ1v) is 5.20. The van der Waals surface area contributed by atoms with E-state index >= 15 is 0 Å². The fourth-order valence-corrected chi connectivity index (χ4v) is 1.15. The second-order valence-corrected chi connectivity index (χ2v) is 3.48. The lowest BCUT2D eigenvalue weighted by Crippen LogP contribution is -2.46. The zero-order valence-corrected chi connectivity index (χ0v) is 9.66. The van der Waals surface area contributed by atoms with Crippen LogP contribution in [0.2, 0.25) is 0 Å². The maximum atomic E-state index is 11.4. The molecular formula is C8H12N6O5. The van der Waals surface area contributed by atoms with Crippen LogP contribution >= 0.6 is 0 Å². The van der Waals surface area contributed by atoms with Crippen molar-refractivity contribution in [1.29, 1.82) is 0 Å². The molecule has 0 spiro atoms. The van der Waals surface area contributed by atoms with Gasteiger partial charge in [-0.25, -0.2) is 9.59 Å². The van der Waals surface area contributed by atoms with Crippen LogP contribution < -0.4 is 10.6 Å². The maximum absolute atomic E-state index is 11.4. The molecule has 11 nitrogen and oxygen atoms in total. The number of nitrogens with zero attached hydrogens (tertiary/aromatic N) is 3. The Balaban J connectivity index is 2.38. The topological polar surface area (TPSA) is 170 Å². The van der Waals surface area contributed by atoms with E-state index in [1.807, 2.05) is 0 Å². The Kier molecular flexibility index (Phi) is 5.19. The summed E-state index contributed by atoms with van der Waals surface area (Å²) in [6.45, 7) is -0.0341. The third kappa shape index (κ3) is 5.43. The summed E-state index contributed by atoms with van der Waals surface area (Å²) in [6.07, 6.45) is -0.567. The Labute approximate surface area is 106 Å². The van der Waals surface area contributed by atoms with Crippen molar-refractivity contribution in [2.45, 2.75) is 25.4 Å². The molecule has 1 aromatic heterocycles. The standard InChI is InChI=1S/C8H12N6O5/c15-6(16)2-1-4(7(17)18)10-8(19)9-3-5-11-13-14-12-5/h4H,1-3H2,(H,15,16)(H,17,18)(H2,9,10,19)(H,11,12,13,14)/t4-/m0/s1. The lowest BCUT2D eigenvalue weighted by atomic mass is 10.1. The van der Waals surface area contributed by atoms with Gasteiger partial charge in [-0.2, -0.15) is 5.21 Å². The minimum absolute atomic E-state index is 0.0341. The number of amides is 2. The molecule has 1 atom stereocenters. The predicted molar refractivity (Wildman–Crippen MR) is 57.8 cm³/mol. The molecule has 2 amide bonds. The summed E-state index contributed by atoms with van der Waals surface area (Å²) in [4.78, 5) is 32.5. The van der Waals surface area contributed by atoms with Gasteiger partial charge >= 0.3 is 18.0 Å². The molecule has 0 aromatic carbocycles. The number of carbonyl (C=O) groups excluding carboxylic acids is 1. The van der Waals surface area contributed by atoms with Gasteiger partial charge in [-0.1, -0.05) is 5.21 Å². The molecule has 19 heavy (non-hydrogen) atoms. The molecule has 0 aliphatic carbocycles. The van der Waals surface area contributed by atoms with E-state index in [1.165, 1.54) is 0 Å². The average Bonchev–Trinajstić information content (AvgIpc) is 2.84. The number of hydrogen-bond donors (Lipinski definition) is 5. The number of nitrogens with one attached hydrogen (secondary N) is 3.